The van der Waals surface area contributed by atoms with Crippen molar-refractivity contribution >= 4 is 23.2 Å². The number of anilines is 2. The number of hydrogen-bond acceptors (Lipinski definition) is 4. The highest BCUT2D eigenvalue weighted by atomic mass is 19.1. The van der Waals surface area contributed by atoms with E-state index in [0.29, 0.717) is 11.0 Å². The van der Waals surface area contributed by atoms with Gasteiger partial charge < -0.3 is 5.73 Å². The van der Waals surface area contributed by atoms with Crippen LogP contribution in [-0.2, 0) is 0 Å². The fourth-order valence-corrected chi connectivity index (χ4v) is 2.03. The molecular formula is C13H7F2N3O2. The molecule has 0 aliphatic carbocycles. The molecule has 20 heavy (non-hydrogen) atoms. The molecule has 0 bridgehead atoms. The summed E-state index contributed by atoms with van der Waals surface area (Å²) in [5.41, 5.74) is 4.81. The van der Waals surface area contributed by atoms with Crippen LogP contribution >= 0.6 is 0 Å². The molecule has 0 atom stereocenters. The molecule has 2 amide bonds. The van der Waals surface area contributed by atoms with Crippen LogP contribution in [-0.4, -0.2) is 16.8 Å². The molecule has 0 unspecified atom stereocenters. The van der Waals surface area contributed by atoms with Crippen molar-refractivity contribution in [2.75, 3.05) is 10.6 Å². The normalized spacial score (nSPS) is 13.8. The maximum absolute atomic E-state index is 13.8. The van der Waals surface area contributed by atoms with Gasteiger partial charge in [0.05, 0.1) is 22.5 Å². The lowest BCUT2D eigenvalue weighted by Crippen LogP contribution is -2.30. The predicted molar refractivity (Wildman–Crippen MR) is 66.1 cm³/mol. The maximum Gasteiger partial charge on any atom is 0.267 e. The largest absolute Gasteiger partial charge is 0.396 e. The van der Waals surface area contributed by atoms with Gasteiger partial charge in [0.25, 0.3) is 11.8 Å². The molecule has 0 fully saturated rings. The minimum absolute atomic E-state index is 0.0693. The molecule has 0 saturated carbocycles. The van der Waals surface area contributed by atoms with Gasteiger partial charge in [-0.25, -0.2) is 13.7 Å². The van der Waals surface area contributed by atoms with E-state index in [9.17, 15) is 18.4 Å². The molecule has 2 heterocycles. The van der Waals surface area contributed by atoms with Crippen molar-refractivity contribution < 1.29 is 18.4 Å². The number of halogens is 2. The first-order valence-corrected chi connectivity index (χ1v) is 5.58. The van der Waals surface area contributed by atoms with Crippen molar-refractivity contribution in [1.29, 1.82) is 0 Å². The molecule has 0 radical (unpaired) electrons. The lowest BCUT2D eigenvalue weighted by molar-refractivity contribution is 0.0925. The number of nitrogens with two attached hydrogens (primary N) is 1. The van der Waals surface area contributed by atoms with Crippen LogP contribution < -0.4 is 10.6 Å². The Labute approximate surface area is 111 Å². The van der Waals surface area contributed by atoms with Gasteiger partial charge in [-0.3, -0.25) is 14.6 Å². The van der Waals surface area contributed by atoms with E-state index in [0.717, 1.165) is 6.07 Å². The summed E-state index contributed by atoms with van der Waals surface area (Å²) in [5, 5.41) is 0. The standard InChI is InChI=1S/C13H7F2N3O2/c14-8-3-9(15)11(4-10(8)16)18-12(19)6-1-2-17-5-7(6)13(18)20/h1-5H,16H2. The van der Waals surface area contributed by atoms with Crippen LogP contribution in [0.1, 0.15) is 20.7 Å². The third-order valence-electron chi connectivity index (χ3n) is 3.00. The van der Waals surface area contributed by atoms with E-state index >= 15 is 0 Å². The van der Waals surface area contributed by atoms with Crippen molar-refractivity contribution in [1.82, 2.24) is 4.98 Å². The fourth-order valence-electron chi connectivity index (χ4n) is 2.03. The van der Waals surface area contributed by atoms with E-state index in [1.807, 2.05) is 0 Å². The van der Waals surface area contributed by atoms with Crippen molar-refractivity contribution in [2.24, 2.45) is 0 Å². The Hall–Kier alpha value is -2.83. The van der Waals surface area contributed by atoms with Gasteiger partial charge in [0.1, 0.15) is 11.6 Å². The van der Waals surface area contributed by atoms with Gasteiger partial charge in [-0.05, 0) is 12.1 Å². The molecule has 3 rings (SSSR count). The summed E-state index contributed by atoms with van der Waals surface area (Å²) in [7, 11) is 0. The van der Waals surface area contributed by atoms with Crippen LogP contribution in [0.25, 0.3) is 0 Å². The predicted octanol–water partition coefficient (Wildman–Crippen LogP) is 1.74. The molecule has 100 valence electrons. The molecule has 5 nitrogen and oxygen atoms in total. The van der Waals surface area contributed by atoms with Gasteiger partial charge in [0, 0.05) is 18.5 Å². The highest BCUT2D eigenvalue weighted by molar-refractivity contribution is 6.34. The van der Waals surface area contributed by atoms with E-state index in [1.54, 1.807) is 0 Å². The molecule has 1 aliphatic heterocycles. The number of carbonyl (C=O) groups is 2. The van der Waals surface area contributed by atoms with E-state index in [-0.39, 0.29) is 22.5 Å². The van der Waals surface area contributed by atoms with Crippen LogP contribution in [0, 0.1) is 11.6 Å². The molecule has 1 aromatic carbocycles. The SMILES string of the molecule is Nc1cc(N2C(=O)c3ccncc3C2=O)c(F)cc1F. The van der Waals surface area contributed by atoms with Gasteiger partial charge in [0.2, 0.25) is 0 Å². The Kier molecular flexibility index (Phi) is 2.50. The first kappa shape index (κ1) is 12.2. The van der Waals surface area contributed by atoms with Crippen molar-refractivity contribution in [3.63, 3.8) is 0 Å². The van der Waals surface area contributed by atoms with Crippen LogP contribution in [0.3, 0.4) is 0 Å². The number of hydrogen-bond donors (Lipinski definition) is 1. The number of nitrogen functional groups attached to an aromatic ring is 1. The second kappa shape index (κ2) is 4.09. The van der Waals surface area contributed by atoms with Crippen LogP contribution in [0.15, 0.2) is 30.6 Å². The van der Waals surface area contributed by atoms with Crippen LogP contribution in [0.2, 0.25) is 0 Å². The first-order chi connectivity index (χ1) is 9.50. The molecular weight excluding hydrogens is 268 g/mol. The highest BCUT2D eigenvalue weighted by Crippen LogP contribution is 2.31. The third kappa shape index (κ3) is 1.56. The van der Waals surface area contributed by atoms with E-state index in [2.05, 4.69) is 4.98 Å². The zero-order valence-electron chi connectivity index (χ0n) is 9.93. The number of carbonyl (C=O) groups excluding carboxylic acids is 2. The summed E-state index contributed by atoms with van der Waals surface area (Å²) < 4.78 is 26.9. The Morgan fingerprint density at radius 1 is 1.05 bits per heavy atom. The fraction of sp³-hybridized carbons (Fsp3) is 0. The number of pyridine rings is 1. The Bertz CT molecular complexity index is 726. The molecule has 0 saturated heterocycles. The third-order valence-corrected chi connectivity index (χ3v) is 3.00. The van der Waals surface area contributed by atoms with Gasteiger partial charge in [0.15, 0.2) is 0 Å². The Morgan fingerprint density at radius 3 is 2.45 bits per heavy atom. The number of rotatable bonds is 1. The lowest BCUT2D eigenvalue weighted by atomic mass is 10.2. The van der Waals surface area contributed by atoms with Crippen molar-refractivity contribution in [3.8, 4) is 0 Å². The zero-order chi connectivity index (χ0) is 14.4. The second-order valence-electron chi connectivity index (χ2n) is 4.19. The van der Waals surface area contributed by atoms with E-state index in [4.69, 9.17) is 5.73 Å². The zero-order valence-corrected chi connectivity index (χ0v) is 9.93. The van der Waals surface area contributed by atoms with Crippen molar-refractivity contribution in [2.45, 2.75) is 0 Å². The number of amides is 2. The number of imide groups is 1. The number of fused-ring (bicyclic) bond motifs is 1. The van der Waals surface area contributed by atoms with Crippen LogP contribution in [0.4, 0.5) is 20.2 Å². The topological polar surface area (TPSA) is 76.3 Å². The summed E-state index contributed by atoms with van der Waals surface area (Å²) in [5.74, 6) is -3.41. The summed E-state index contributed by atoms with van der Waals surface area (Å²) in [6, 6.07) is 2.81. The van der Waals surface area contributed by atoms with Gasteiger partial charge in [-0.15, -0.1) is 0 Å². The van der Waals surface area contributed by atoms with Gasteiger partial charge in [-0.1, -0.05) is 0 Å². The quantitative estimate of drug-likeness (QED) is 0.635. The minimum Gasteiger partial charge on any atom is -0.396 e. The molecule has 0 spiro atoms. The molecule has 7 heteroatoms. The number of benzene rings is 1. The Morgan fingerprint density at radius 2 is 1.75 bits per heavy atom. The van der Waals surface area contributed by atoms with E-state index < -0.39 is 23.4 Å². The first-order valence-electron chi connectivity index (χ1n) is 5.58. The highest BCUT2D eigenvalue weighted by Gasteiger charge is 2.38. The van der Waals surface area contributed by atoms with Crippen molar-refractivity contribution in [3.05, 3.63) is 53.4 Å². The molecule has 2 N–H and O–H groups in total. The smallest absolute Gasteiger partial charge is 0.267 e. The van der Waals surface area contributed by atoms with Crippen LogP contribution in [0.5, 0.6) is 0 Å². The minimum atomic E-state index is -1.04. The lowest BCUT2D eigenvalue weighted by Gasteiger charge is -2.15. The molecule has 1 aromatic heterocycles. The molecule has 2 aromatic rings. The second-order valence-corrected chi connectivity index (χ2v) is 4.19. The average Bonchev–Trinajstić information content (AvgIpc) is 2.68. The monoisotopic (exact) mass is 275 g/mol. The van der Waals surface area contributed by atoms with E-state index in [1.165, 1.54) is 18.5 Å². The summed E-state index contributed by atoms with van der Waals surface area (Å²) in [6.45, 7) is 0. The van der Waals surface area contributed by atoms with Gasteiger partial charge in [-0.2, -0.15) is 0 Å². The Balaban J connectivity index is 2.17. The molecule has 1 aliphatic rings. The summed E-state index contributed by atoms with van der Waals surface area (Å²) >= 11 is 0. The summed E-state index contributed by atoms with van der Waals surface area (Å²) in [6.07, 6.45) is 2.57. The average molecular weight is 275 g/mol. The number of aromatic nitrogens is 1. The number of nitrogens with zero attached hydrogens (tertiary/aromatic N) is 2. The maximum atomic E-state index is 13.8. The van der Waals surface area contributed by atoms with Gasteiger partial charge >= 0.3 is 0 Å². The summed E-state index contributed by atoms with van der Waals surface area (Å²) in [4.78, 5) is 28.6.